The maximum atomic E-state index is 12.4. The van der Waals surface area contributed by atoms with Crippen LogP contribution in [0.1, 0.15) is 30.0 Å². The molecule has 1 unspecified atom stereocenters. The molecular weight excluding hydrogens is 272 g/mol. The zero-order valence-corrected chi connectivity index (χ0v) is 12.7. The smallest absolute Gasteiger partial charge is 0.257 e. The number of hydrogen-bond acceptors (Lipinski definition) is 4. The zero-order chi connectivity index (χ0) is 15.6. The summed E-state index contributed by atoms with van der Waals surface area (Å²) in [6, 6.07) is 1.59. The number of carbonyl (C=O) groups is 2. The Morgan fingerprint density at radius 1 is 1.48 bits per heavy atom. The molecule has 0 spiro atoms. The summed E-state index contributed by atoms with van der Waals surface area (Å²) in [4.78, 5) is 27.7. The molecule has 0 aromatic carbocycles. The van der Waals surface area contributed by atoms with Gasteiger partial charge < -0.3 is 19.3 Å². The van der Waals surface area contributed by atoms with Crippen molar-refractivity contribution in [3.8, 4) is 0 Å². The van der Waals surface area contributed by atoms with Crippen LogP contribution in [0.3, 0.4) is 0 Å². The maximum Gasteiger partial charge on any atom is 0.257 e. The van der Waals surface area contributed by atoms with Crippen LogP contribution in [0.5, 0.6) is 0 Å². The van der Waals surface area contributed by atoms with Crippen molar-refractivity contribution in [2.24, 2.45) is 5.92 Å². The number of nitrogens with zero attached hydrogens (tertiary/aromatic N) is 2. The van der Waals surface area contributed by atoms with Gasteiger partial charge in [-0.25, -0.2) is 0 Å². The SMILES string of the molecule is Cc1occc1C(=O)N1CC(=O)N(CC(C)C)CC(O)C1. The predicted octanol–water partition coefficient (Wildman–Crippen LogP) is 0.889. The lowest BCUT2D eigenvalue weighted by Gasteiger charge is -2.23. The van der Waals surface area contributed by atoms with Crippen LogP contribution < -0.4 is 0 Å². The first-order valence-electron chi connectivity index (χ1n) is 7.17. The third-order valence-electron chi connectivity index (χ3n) is 3.50. The summed E-state index contributed by atoms with van der Waals surface area (Å²) in [5, 5.41) is 10.1. The monoisotopic (exact) mass is 294 g/mol. The summed E-state index contributed by atoms with van der Waals surface area (Å²) in [6.45, 7) is 6.74. The second-order valence-corrected chi connectivity index (χ2v) is 5.92. The molecule has 1 atom stereocenters. The third-order valence-corrected chi connectivity index (χ3v) is 3.50. The Bertz CT molecular complexity index is 523. The Hall–Kier alpha value is -1.82. The molecular formula is C15H22N2O4. The van der Waals surface area contributed by atoms with Crippen LogP contribution >= 0.6 is 0 Å². The zero-order valence-electron chi connectivity index (χ0n) is 12.7. The van der Waals surface area contributed by atoms with Gasteiger partial charge in [-0.15, -0.1) is 0 Å². The lowest BCUT2D eigenvalue weighted by atomic mass is 10.2. The number of aryl methyl sites for hydroxylation is 1. The minimum atomic E-state index is -0.730. The Morgan fingerprint density at radius 3 is 2.76 bits per heavy atom. The minimum Gasteiger partial charge on any atom is -0.469 e. The molecule has 1 aromatic rings. The quantitative estimate of drug-likeness (QED) is 0.898. The van der Waals surface area contributed by atoms with Gasteiger partial charge in [-0.2, -0.15) is 0 Å². The molecule has 21 heavy (non-hydrogen) atoms. The summed E-state index contributed by atoms with van der Waals surface area (Å²) in [7, 11) is 0. The molecule has 1 fully saturated rings. The molecule has 1 aliphatic heterocycles. The van der Waals surface area contributed by atoms with E-state index in [4.69, 9.17) is 4.42 Å². The van der Waals surface area contributed by atoms with Crippen LogP contribution in [-0.2, 0) is 4.79 Å². The van der Waals surface area contributed by atoms with Gasteiger partial charge in [0.05, 0.1) is 17.9 Å². The van der Waals surface area contributed by atoms with Gasteiger partial charge in [0, 0.05) is 19.6 Å². The van der Waals surface area contributed by atoms with Gasteiger partial charge in [0.25, 0.3) is 5.91 Å². The Labute approximate surface area is 124 Å². The number of β-amino-alcohol motifs (C(OH)–C–C–N with tert-alkyl or cyclic N) is 1. The lowest BCUT2D eigenvalue weighted by molar-refractivity contribution is -0.131. The fraction of sp³-hybridized carbons (Fsp3) is 0.600. The average molecular weight is 294 g/mol. The van der Waals surface area contributed by atoms with Crippen molar-refractivity contribution in [2.45, 2.75) is 26.9 Å². The van der Waals surface area contributed by atoms with Gasteiger partial charge >= 0.3 is 0 Å². The first-order chi connectivity index (χ1) is 9.88. The molecule has 2 rings (SSSR count). The van der Waals surface area contributed by atoms with E-state index < -0.39 is 6.10 Å². The summed E-state index contributed by atoms with van der Waals surface area (Å²) < 4.78 is 5.13. The normalized spacial score (nSPS) is 20.0. The van der Waals surface area contributed by atoms with Crippen LogP contribution in [0.25, 0.3) is 0 Å². The highest BCUT2D eigenvalue weighted by Gasteiger charge is 2.31. The van der Waals surface area contributed by atoms with Gasteiger partial charge in [0.15, 0.2) is 0 Å². The summed E-state index contributed by atoms with van der Waals surface area (Å²) in [6.07, 6.45) is 0.718. The fourth-order valence-electron chi connectivity index (χ4n) is 2.55. The predicted molar refractivity (Wildman–Crippen MR) is 76.8 cm³/mol. The minimum absolute atomic E-state index is 0.00671. The van der Waals surface area contributed by atoms with E-state index in [1.54, 1.807) is 17.9 Å². The number of amides is 2. The van der Waals surface area contributed by atoms with Crippen LogP contribution in [0, 0.1) is 12.8 Å². The maximum absolute atomic E-state index is 12.4. The number of rotatable bonds is 3. The second kappa shape index (κ2) is 6.30. The molecule has 0 aliphatic carbocycles. The first kappa shape index (κ1) is 15.6. The van der Waals surface area contributed by atoms with E-state index in [0.717, 1.165) is 0 Å². The molecule has 6 nitrogen and oxygen atoms in total. The molecule has 1 aromatic heterocycles. The summed E-state index contributed by atoms with van der Waals surface area (Å²) in [5.74, 6) is 0.430. The van der Waals surface area contributed by atoms with Crippen molar-refractivity contribution in [3.63, 3.8) is 0 Å². The highest BCUT2D eigenvalue weighted by Crippen LogP contribution is 2.15. The van der Waals surface area contributed by atoms with E-state index in [-0.39, 0.29) is 31.4 Å². The van der Waals surface area contributed by atoms with Gasteiger partial charge in [-0.1, -0.05) is 13.8 Å². The molecule has 0 saturated carbocycles. The Kier molecular flexibility index (Phi) is 4.67. The van der Waals surface area contributed by atoms with E-state index in [1.807, 2.05) is 13.8 Å². The summed E-state index contributed by atoms with van der Waals surface area (Å²) >= 11 is 0. The topological polar surface area (TPSA) is 74.0 Å². The highest BCUT2D eigenvalue weighted by atomic mass is 16.3. The van der Waals surface area contributed by atoms with Crippen LogP contribution in [-0.4, -0.2) is 59.0 Å². The van der Waals surface area contributed by atoms with E-state index in [2.05, 4.69) is 0 Å². The van der Waals surface area contributed by atoms with Gasteiger partial charge in [-0.3, -0.25) is 9.59 Å². The molecule has 1 saturated heterocycles. The average Bonchev–Trinajstić information content (AvgIpc) is 2.76. The van der Waals surface area contributed by atoms with Crippen molar-refractivity contribution in [1.82, 2.24) is 9.80 Å². The van der Waals surface area contributed by atoms with Crippen molar-refractivity contribution < 1.29 is 19.1 Å². The fourth-order valence-corrected chi connectivity index (χ4v) is 2.55. The van der Waals surface area contributed by atoms with Crippen molar-refractivity contribution in [2.75, 3.05) is 26.2 Å². The van der Waals surface area contributed by atoms with Crippen molar-refractivity contribution in [3.05, 3.63) is 23.7 Å². The van der Waals surface area contributed by atoms with Crippen molar-refractivity contribution >= 4 is 11.8 Å². The van der Waals surface area contributed by atoms with Gasteiger partial charge in [-0.05, 0) is 18.9 Å². The lowest BCUT2D eigenvalue weighted by Crippen LogP contribution is -2.40. The number of carbonyl (C=O) groups excluding carboxylic acids is 2. The first-order valence-corrected chi connectivity index (χ1v) is 7.17. The standard InChI is InChI=1S/C15H22N2O4/c1-10(2)6-16-7-12(18)8-17(9-14(16)19)15(20)13-4-5-21-11(13)3/h4-5,10,12,18H,6-9H2,1-3H3. The molecule has 6 heteroatoms. The molecule has 2 amide bonds. The largest absolute Gasteiger partial charge is 0.469 e. The number of furan rings is 1. The van der Waals surface area contributed by atoms with E-state index >= 15 is 0 Å². The van der Waals surface area contributed by atoms with Crippen LogP contribution in [0.15, 0.2) is 16.7 Å². The number of aliphatic hydroxyl groups excluding tert-OH is 1. The van der Waals surface area contributed by atoms with Crippen molar-refractivity contribution in [1.29, 1.82) is 0 Å². The molecule has 1 aliphatic rings. The van der Waals surface area contributed by atoms with Crippen LogP contribution in [0.2, 0.25) is 0 Å². The van der Waals surface area contributed by atoms with E-state index in [1.165, 1.54) is 11.2 Å². The number of hydrogen-bond donors (Lipinski definition) is 1. The molecule has 2 heterocycles. The van der Waals surface area contributed by atoms with Gasteiger partial charge in [0.1, 0.15) is 12.3 Å². The second-order valence-electron chi connectivity index (χ2n) is 5.92. The number of aliphatic hydroxyl groups is 1. The van der Waals surface area contributed by atoms with Crippen LogP contribution in [0.4, 0.5) is 0 Å². The Balaban J connectivity index is 2.14. The third kappa shape index (κ3) is 3.64. The van der Waals surface area contributed by atoms with Gasteiger partial charge in [0.2, 0.25) is 5.91 Å². The molecule has 116 valence electrons. The Morgan fingerprint density at radius 2 is 2.19 bits per heavy atom. The molecule has 1 N–H and O–H groups in total. The molecule has 0 bridgehead atoms. The van der Waals surface area contributed by atoms with E-state index in [0.29, 0.717) is 23.8 Å². The highest BCUT2D eigenvalue weighted by molar-refractivity contribution is 5.97. The molecule has 0 radical (unpaired) electrons. The van der Waals surface area contributed by atoms with E-state index in [9.17, 15) is 14.7 Å². The summed E-state index contributed by atoms with van der Waals surface area (Å²) in [5.41, 5.74) is 0.437.